The van der Waals surface area contributed by atoms with E-state index in [2.05, 4.69) is 20.6 Å². The van der Waals surface area contributed by atoms with Gasteiger partial charge < -0.3 is 21.5 Å². The summed E-state index contributed by atoms with van der Waals surface area (Å²) in [6.07, 6.45) is 0.779. The van der Waals surface area contributed by atoms with Crippen LogP contribution in [0.25, 0.3) is 0 Å². The highest BCUT2D eigenvalue weighted by Crippen LogP contribution is 2.24. The first-order valence-electron chi connectivity index (χ1n) is 6.83. The van der Waals surface area contributed by atoms with Crippen LogP contribution < -0.4 is 21.1 Å². The van der Waals surface area contributed by atoms with Crippen molar-refractivity contribution in [2.45, 2.75) is 4.90 Å². The van der Waals surface area contributed by atoms with E-state index in [1.807, 2.05) is 4.72 Å². The Morgan fingerprint density at radius 2 is 2.07 bits per heavy atom. The van der Waals surface area contributed by atoms with Crippen LogP contribution in [0.4, 0.5) is 15.2 Å². The number of nitrogens with zero attached hydrogens (tertiary/aromatic N) is 2. The number of nitrogens with one attached hydrogen (secondary N) is 4. The number of halogens is 1. The fourth-order valence-corrected chi connectivity index (χ4v) is 3.61. The predicted molar refractivity (Wildman–Crippen MR) is 92.6 cm³/mol. The zero-order valence-electron chi connectivity index (χ0n) is 13.2. The summed E-state index contributed by atoms with van der Waals surface area (Å²) < 4.78 is 40.6. The lowest BCUT2D eigenvalue weighted by atomic mass is 10.4. The Morgan fingerprint density at radius 3 is 2.67 bits per heavy atom. The fraction of sp³-hybridized carbons (Fsp3) is 0.0833. The summed E-state index contributed by atoms with van der Waals surface area (Å²) in [6.45, 7) is -0.415. The van der Waals surface area contributed by atoms with Gasteiger partial charge in [-0.3, -0.25) is 14.9 Å². The van der Waals surface area contributed by atoms with E-state index in [0.717, 1.165) is 23.0 Å². The Bertz CT molecular complexity index is 1010. The van der Waals surface area contributed by atoms with Crippen LogP contribution in [-0.2, 0) is 14.8 Å². The lowest BCUT2D eigenvalue weighted by Gasteiger charge is -2.09. The summed E-state index contributed by atoms with van der Waals surface area (Å²) >= 11 is 0.735. The number of aromatic nitrogens is 2. The molecule has 15 heteroatoms. The van der Waals surface area contributed by atoms with Crippen molar-refractivity contribution in [3.05, 3.63) is 29.3 Å². The Balaban J connectivity index is 2.18. The summed E-state index contributed by atoms with van der Waals surface area (Å²) in [5, 5.41) is 19.9. The highest BCUT2D eigenvalue weighted by Gasteiger charge is 2.23. The molecule has 1 amide bonds. The zero-order chi connectivity index (χ0) is 20.2. The molecule has 0 atom stereocenters. The Morgan fingerprint density at radius 1 is 1.37 bits per heavy atom. The number of carbonyl (C=O) groups excluding carboxylic acids is 1. The number of hydrogen-bond donors (Lipinski definition) is 6. The van der Waals surface area contributed by atoms with E-state index in [1.54, 1.807) is 0 Å². The molecule has 0 spiro atoms. The van der Waals surface area contributed by atoms with Crippen molar-refractivity contribution in [1.82, 2.24) is 15.3 Å². The van der Waals surface area contributed by atoms with Crippen molar-refractivity contribution in [2.24, 2.45) is 5.73 Å². The summed E-state index contributed by atoms with van der Waals surface area (Å²) in [4.78, 5) is 29.0. The summed E-state index contributed by atoms with van der Waals surface area (Å²) in [5.41, 5.74) is 5.64. The lowest BCUT2D eigenvalue weighted by molar-refractivity contribution is -0.115. The molecule has 2 heterocycles. The third-order valence-corrected chi connectivity index (χ3v) is 5.01. The van der Waals surface area contributed by atoms with E-state index in [1.165, 1.54) is 0 Å². The highest BCUT2D eigenvalue weighted by atomic mass is 32.2. The van der Waals surface area contributed by atoms with Gasteiger partial charge in [-0.25, -0.2) is 27.6 Å². The second kappa shape index (κ2) is 7.92. The Hall–Kier alpha value is -3.33. The number of amides is 1. The second-order valence-electron chi connectivity index (χ2n) is 4.76. The van der Waals surface area contributed by atoms with Crippen molar-refractivity contribution >= 4 is 50.0 Å². The number of aromatic carboxylic acids is 1. The molecule has 0 radical (unpaired) electrons. The number of guanidine groups is 1. The van der Waals surface area contributed by atoms with Gasteiger partial charge in [-0.1, -0.05) is 0 Å². The maximum absolute atomic E-state index is 14.1. The minimum Gasteiger partial charge on any atom is -0.476 e. The number of pyridine rings is 1. The quantitative estimate of drug-likeness (QED) is 0.256. The molecule has 0 bridgehead atoms. The summed E-state index contributed by atoms with van der Waals surface area (Å²) in [5.74, 6) is -4.34. The van der Waals surface area contributed by atoms with E-state index in [4.69, 9.17) is 16.2 Å². The SMILES string of the molecule is N=C(N)NCC(=O)Nc1ncc(S(=O)(=O)Nc2scnc2C(=O)O)cc1F. The van der Waals surface area contributed by atoms with Crippen LogP contribution >= 0.6 is 11.3 Å². The van der Waals surface area contributed by atoms with Crippen LogP contribution in [0.3, 0.4) is 0 Å². The molecule has 12 nitrogen and oxygen atoms in total. The maximum atomic E-state index is 14.1. The smallest absolute Gasteiger partial charge is 0.357 e. The van der Waals surface area contributed by atoms with E-state index in [9.17, 15) is 22.4 Å². The van der Waals surface area contributed by atoms with Crippen LogP contribution in [0, 0.1) is 11.2 Å². The van der Waals surface area contributed by atoms with Gasteiger partial charge in [-0.15, -0.1) is 11.3 Å². The van der Waals surface area contributed by atoms with Crippen LogP contribution in [0.15, 0.2) is 22.7 Å². The van der Waals surface area contributed by atoms with Crippen molar-refractivity contribution in [2.75, 3.05) is 16.6 Å². The first-order chi connectivity index (χ1) is 12.6. The molecule has 0 fully saturated rings. The largest absolute Gasteiger partial charge is 0.476 e. The van der Waals surface area contributed by atoms with E-state index < -0.39 is 56.6 Å². The number of carbonyl (C=O) groups is 2. The average molecular weight is 417 g/mol. The van der Waals surface area contributed by atoms with Gasteiger partial charge in [0, 0.05) is 0 Å². The van der Waals surface area contributed by atoms with Crippen LogP contribution in [0.1, 0.15) is 10.5 Å². The Kier molecular flexibility index (Phi) is 5.86. The highest BCUT2D eigenvalue weighted by molar-refractivity contribution is 7.93. The third kappa shape index (κ3) is 5.08. The first kappa shape index (κ1) is 20.0. The van der Waals surface area contributed by atoms with E-state index in [-0.39, 0.29) is 5.00 Å². The van der Waals surface area contributed by atoms with Gasteiger partial charge in [0.15, 0.2) is 23.3 Å². The van der Waals surface area contributed by atoms with Crippen molar-refractivity contribution < 1.29 is 27.5 Å². The molecule has 0 aliphatic carbocycles. The molecule has 0 aliphatic heterocycles. The third-order valence-electron chi connectivity index (χ3n) is 2.82. The fourth-order valence-electron chi connectivity index (χ4n) is 1.66. The number of rotatable bonds is 7. The topological polar surface area (TPSA) is 200 Å². The molecule has 7 N–H and O–H groups in total. The molecular formula is C12H12FN7O5S2. The molecule has 0 aliphatic rings. The number of anilines is 2. The number of carboxylic acids is 1. The van der Waals surface area contributed by atoms with Gasteiger partial charge in [-0.05, 0) is 6.07 Å². The van der Waals surface area contributed by atoms with Crippen LogP contribution in [0.2, 0.25) is 0 Å². The molecule has 144 valence electrons. The zero-order valence-corrected chi connectivity index (χ0v) is 14.8. The molecule has 2 aromatic rings. The number of carboxylic acid groups (broad SMARTS) is 1. The monoisotopic (exact) mass is 417 g/mol. The van der Waals surface area contributed by atoms with Gasteiger partial charge in [-0.2, -0.15) is 0 Å². The molecule has 0 saturated carbocycles. The first-order valence-corrected chi connectivity index (χ1v) is 9.19. The van der Waals surface area contributed by atoms with E-state index in [0.29, 0.717) is 6.07 Å². The molecule has 2 rings (SSSR count). The van der Waals surface area contributed by atoms with Crippen molar-refractivity contribution in [3.63, 3.8) is 0 Å². The number of hydrogen-bond acceptors (Lipinski definition) is 8. The predicted octanol–water partition coefficient (Wildman–Crippen LogP) is -0.402. The van der Waals surface area contributed by atoms with Gasteiger partial charge in [0.1, 0.15) is 9.90 Å². The number of sulfonamides is 1. The van der Waals surface area contributed by atoms with Crippen LogP contribution in [-0.4, -0.2) is 47.9 Å². The van der Waals surface area contributed by atoms with Gasteiger partial charge in [0.2, 0.25) is 5.91 Å². The minimum atomic E-state index is -4.34. The molecule has 27 heavy (non-hydrogen) atoms. The second-order valence-corrected chi connectivity index (χ2v) is 7.29. The Labute approximate surface area is 155 Å². The minimum absolute atomic E-state index is 0.254. The molecule has 2 aromatic heterocycles. The summed E-state index contributed by atoms with van der Waals surface area (Å²) in [6, 6.07) is 0.602. The average Bonchev–Trinajstić information content (AvgIpc) is 3.02. The number of thiazole rings is 1. The molecule has 0 unspecified atom stereocenters. The van der Waals surface area contributed by atoms with Gasteiger partial charge in [0.25, 0.3) is 10.0 Å². The van der Waals surface area contributed by atoms with Gasteiger partial charge in [0.05, 0.1) is 18.3 Å². The normalized spacial score (nSPS) is 10.9. The standard InChI is InChI=1S/C12H12FN7O5S2/c13-6-1-5(2-16-9(6)19-7(21)3-17-12(14)15)27(24,25)20-10-8(11(22)23)18-4-26-10/h1-2,4,20H,3H2,(H,22,23)(H4,14,15,17)(H,16,19,21). The van der Waals surface area contributed by atoms with Crippen molar-refractivity contribution in [1.29, 1.82) is 5.41 Å². The van der Waals surface area contributed by atoms with Gasteiger partial charge >= 0.3 is 5.97 Å². The van der Waals surface area contributed by atoms with E-state index >= 15 is 0 Å². The lowest BCUT2D eigenvalue weighted by Crippen LogP contribution is -2.37. The van der Waals surface area contributed by atoms with Crippen molar-refractivity contribution in [3.8, 4) is 0 Å². The molecular weight excluding hydrogens is 405 g/mol. The molecule has 0 aromatic carbocycles. The molecule has 0 saturated heterocycles. The maximum Gasteiger partial charge on any atom is 0.357 e. The van der Waals surface area contributed by atoms with Crippen LogP contribution in [0.5, 0.6) is 0 Å². The number of nitrogens with two attached hydrogens (primary N) is 1. The summed E-state index contributed by atoms with van der Waals surface area (Å²) in [7, 11) is -4.34.